The molecule has 2 heterocycles. The van der Waals surface area contributed by atoms with Gasteiger partial charge in [-0.1, -0.05) is 6.07 Å². The molecule has 0 radical (unpaired) electrons. The van der Waals surface area contributed by atoms with Gasteiger partial charge in [0.25, 0.3) is 5.56 Å². The summed E-state index contributed by atoms with van der Waals surface area (Å²) in [6, 6.07) is 10.8. The standard InChI is InChI=1S/C22H18FN3O4S/c1-29-17-8-3-13(9-18(17)30-2)16-11-31-21-20(16)22(28)26(12-24-21)10-19(27)25-15-6-4-14(23)5-7-15/h3-9,11-12H,10H2,1-2H3,(H,25,27). The number of amides is 1. The van der Waals surface area contributed by atoms with Crippen LogP contribution in [0.15, 0.2) is 59.0 Å². The topological polar surface area (TPSA) is 82.5 Å². The molecule has 0 atom stereocenters. The van der Waals surface area contributed by atoms with E-state index in [-0.39, 0.29) is 12.1 Å². The molecule has 0 bridgehead atoms. The van der Waals surface area contributed by atoms with Crippen molar-refractivity contribution in [3.63, 3.8) is 0 Å². The fourth-order valence-electron chi connectivity index (χ4n) is 3.18. The predicted octanol–water partition coefficient (Wildman–Crippen LogP) is 3.92. The molecule has 158 valence electrons. The molecule has 0 spiro atoms. The maximum atomic E-state index is 13.1. The lowest BCUT2D eigenvalue weighted by Crippen LogP contribution is -2.27. The van der Waals surface area contributed by atoms with Gasteiger partial charge in [-0.15, -0.1) is 11.3 Å². The number of carbonyl (C=O) groups is 1. The van der Waals surface area contributed by atoms with Gasteiger partial charge in [-0.05, 0) is 42.0 Å². The van der Waals surface area contributed by atoms with Crippen LogP contribution in [0, 0.1) is 5.82 Å². The van der Waals surface area contributed by atoms with E-state index in [4.69, 9.17) is 9.47 Å². The number of nitrogens with one attached hydrogen (secondary N) is 1. The molecule has 31 heavy (non-hydrogen) atoms. The van der Waals surface area contributed by atoms with E-state index in [0.29, 0.717) is 33.0 Å². The zero-order valence-electron chi connectivity index (χ0n) is 16.7. The molecule has 1 amide bonds. The number of thiophene rings is 1. The molecule has 7 nitrogen and oxygen atoms in total. The number of ether oxygens (including phenoxy) is 2. The molecule has 4 aromatic rings. The molecule has 2 aromatic heterocycles. The number of hydrogen-bond acceptors (Lipinski definition) is 6. The van der Waals surface area contributed by atoms with E-state index in [2.05, 4.69) is 10.3 Å². The fourth-order valence-corrected chi connectivity index (χ4v) is 4.09. The van der Waals surface area contributed by atoms with Crippen molar-refractivity contribution in [1.29, 1.82) is 0 Å². The summed E-state index contributed by atoms with van der Waals surface area (Å²) >= 11 is 1.35. The first-order valence-corrected chi connectivity index (χ1v) is 10.1. The van der Waals surface area contributed by atoms with Crippen molar-refractivity contribution in [2.75, 3.05) is 19.5 Å². The molecule has 1 N–H and O–H groups in total. The van der Waals surface area contributed by atoms with Gasteiger partial charge >= 0.3 is 0 Å². The Kier molecular flexibility index (Phi) is 5.68. The van der Waals surface area contributed by atoms with Gasteiger partial charge < -0.3 is 14.8 Å². The van der Waals surface area contributed by atoms with Gasteiger partial charge in [-0.3, -0.25) is 14.2 Å². The smallest absolute Gasteiger partial charge is 0.263 e. The normalized spacial score (nSPS) is 10.8. The molecule has 0 saturated carbocycles. The highest BCUT2D eigenvalue weighted by molar-refractivity contribution is 7.17. The second-order valence-corrected chi connectivity index (χ2v) is 7.49. The Bertz CT molecular complexity index is 1310. The summed E-state index contributed by atoms with van der Waals surface area (Å²) in [6.45, 7) is -0.222. The Hall–Kier alpha value is -3.72. The zero-order valence-corrected chi connectivity index (χ0v) is 17.5. The lowest BCUT2D eigenvalue weighted by atomic mass is 10.1. The number of carbonyl (C=O) groups excluding carboxylic acids is 1. The van der Waals surface area contributed by atoms with E-state index in [9.17, 15) is 14.0 Å². The van der Waals surface area contributed by atoms with E-state index in [1.54, 1.807) is 26.4 Å². The molecule has 9 heteroatoms. The molecule has 0 unspecified atom stereocenters. The van der Waals surface area contributed by atoms with E-state index in [1.807, 2.05) is 11.4 Å². The number of rotatable bonds is 6. The number of fused-ring (bicyclic) bond motifs is 1. The van der Waals surface area contributed by atoms with Crippen LogP contribution in [0.5, 0.6) is 11.5 Å². The monoisotopic (exact) mass is 439 g/mol. The van der Waals surface area contributed by atoms with Crippen LogP contribution >= 0.6 is 11.3 Å². The summed E-state index contributed by atoms with van der Waals surface area (Å²) in [5.41, 5.74) is 1.59. The van der Waals surface area contributed by atoms with Crippen molar-refractivity contribution in [3.05, 3.63) is 70.3 Å². The number of methoxy groups -OCH3 is 2. The van der Waals surface area contributed by atoms with Gasteiger partial charge in [0.15, 0.2) is 11.5 Å². The van der Waals surface area contributed by atoms with Gasteiger partial charge in [0, 0.05) is 16.6 Å². The highest BCUT2D eigenvalue weighted by Gasteiger charge is 2.16. The molecule has 0 aliphatic heterocycles. The summed E-state index contributed by atoms with van der Waals surface area (Å²) in [4.78, 5) is 30.4. The van der Waals surface area contributed by atoms with Crippen LogP contribution in [0.1, 0.15) is 0 Å². The first-order chi connectivity index (χ1) is 15.0. The number of nitrogens with zero attached hydrogens (tertiary/aromatic N) is 2. The molecular weight excluding hydrogens is 421 g/mol. The largest absolute Gasteiger partial charge is 0.493 e. The summed E-state index contributed by atoms with van der Waals surface area (Å²) in [5, 5.41) is 4.92. The summed E-state index contributed by atoms with van der Waals surface area (Å²) in [5.74, 6) is 0.308. The van der Waals surface area contributed by atoms with Crippen molar-refractivity contribution < 1.29 is 18.7 Å². The highest BCUT2D eigenvalue weighted by Crippen LogP contribution is 2.36. The minimum absolute atomic E-state index is 0.222. The Morgan fingerprint density at radius 1 is 1.13 bits per heavy atom. The lowest BCUT2D eigenvalue weighted by molar-refractivity contribution is -0.116. The summed E-state index contributed by atoms with van der Waals surface area (Å²) < 4.78 is 24.9. The van der Waals surface area contributed by atoms with Gasteiger partial charge in [0.2, 0.25) is 5.91 Å². The van der Waals surface area contributed by atoms with Crippen LogP contribution in [-0.2, 0) is 11.3 Å². The van der Waals surface area contributed by atoms with Gasteiger partial charge in [0.1, 0.15) is 17.2 Å². The van der Waals surface area contributed by atoms with Gasteiger partial charge in [-0.2, -0.15) is 0 Å². The third kappa shape index (κ3) is 4.13. The number of anilines is 1. The first-order valence-electron chi connectivity index (χ1n) is 9.24. The van der Waals surface area contributed by atoms with Crippen molar-refractivity contribution >= 4 is 33.1 Å². The minimum atomic E-state index is -0.419. The summed E-state index contributed by atoms with van der Waals surface area (Å²) in [7, 11) is 3.10. The molecule has 0 aliphatic carbocycles. The minimum Gasteiger partial charge on any atom is -0.493 e. The molecule has 0 aliphatic rings. The average Bonchev–Trinajstić information content (AvgIpc) is 3.21. The molecule has 0 saturated heterocycles. The molecule has 4 rings (SSSR count). The predicted molar refractivity (Wildman–Crippen MR) is 117 cm³/mol. The summed E-state index contributed by atoms with van der Waals surface area (Å²) in [6.07, 6.45) is 1.35. The van der Waals surface area contributed by atoms with Crippen LogP contribution in [-0.4, -0.2) is 29.7 Å². The quantitative estimate of drug-likeness (QED) is 0.492. The van der Waals surface area contributed by atoms with E-state index in [1.165, 1.54) is 46.5 Å². The fraction of sp³-hybridized carbons (Fsp3) is 0.136. The third-order valence-electron chi connectivity index (χ3n) is 4.70. The van der Waals surface area contributed by atoms with E-state index >= 15 is 0 Å². The molecular formula is C22H18FN3O4S. The molecule has 2 aromatic carbocycles. The van der Waals surface area contributed by atoms with Crippen LogP contribution in [0.25, 0.3) is 21.3 Å². The maximum Gasteiger partial charge on any atom is 0.263 e. The Morgan fingerprint density at radius 3 is 2.58 bits per heavy atom. The number of halogens is 1. The SMILES string of the molecule is COc1ccc(-c2csc3ncn(CC(=O)Nc4ccc(F)cc4)c(=O)c23)cc1OC. The van der Waals surface area contributed by atoms with Crippen LogP contribution < -0.4 is 20.3 Å². The Balaban J connectivity index is 1.67. The second-order valence-electron chi connectivity index (χ2n) is 6.63. The maximum absolute atomic E-state index is 13.1. The van der Waals surface area contributed by atoms with Crippen molar-refractivity contribution in [2.45, 2.75) is 6.54 Å². The molecule has 0 fully saturated rings. The van der Waals surface area contributed by atoms with Crippen molar-refractivity contribution in [1.82, 2.24) is 9.55 Å². The Labute approximate surface area is 180 Å². The van der Waals surface area contributed by atoms with Crippen molar-refractivity contribution in [3.8, 4) is 22.6 Å². The van der Waals surface area contributed by atoms with E-state index < -0.39 is 11.7 Å². The second kappa shape index (κ2) is 8.57. The highest BCUT2D eigenvalue weighted by atomic mass is 32.1. The average molecular weight is 439 g/mol. The van der Waals surface area contributed by atoms with Crippen LogP contribution in [0.2, 0.25) is 0 Å². The number of aromatic nitrogens is 2. The third-order valence-corrected chi connectivity index (χ3v) is 5.58. The first kappa shape index (κ1) is 20.5. The van der Waals surface area contributed by atoms with Gasteiger partial charge in [-0.25, -0.2) is 9.37 Å². The van der Waals surface area contributed by atoms with E-state index in [0.717, 1.165) is 5.56 Å². The number of benzene rings is 2. The Morgan fingerprint density at radius 2 is 1.87 bits per heavy atom. The van der Waals surface area contributed by atoms with Gasteiger partial charge in [0.05, 0.1) is 25.9 Å². The van der Waals surface area contributed by atoms with Crippen molar-refractivity contribution in [2.24, 2.45) is 0 Å². The lowest BCUT2D eigenvalue weighted by Gasteiger charge is -2.10. The van der Waals surface area contributed by atoms with Crippen LogP contribution in [0.3, 0.4) is 0 Å². The van der Waals surface area contributed by atoms with Crippen LogP contribution in [0.4, 0.5) is 10.1 Å². The number of hydrogen-bond donors (Lipinski definition) is 1. The zero-order chi connectivity index (χ0) is 22.0.